The number of hydrogen-bond donors (Lipinski definition) is 4. The Labute approximate surface area is 147 Å². The molecule has 26 heavy (non-hydrogen) atoms. The molecule has 0 fully saturated rings. The summed E-state index contributed by atoms with van der Waals surface area (Å²) in [6.07, 6.45) is 1.60. The predicted octanol–water partition coefficient (Wildman–Crippen LogP) is 0.995. The van der Waals surface area contributed by atoms with Crippen LogP contribution in [0, 0.1) is 5.41 Å². The largest absolute Gasteiger partial charge is 0.508 e. The van der Waals surface area contributed by atoms with E-state index in [9.17, 15) is 15.0 Å². The summed E-state index contributed by atoms with van der Waals surface area (Å²) in [7, 11) is 0. The third-order valence-electron chi connectivity index (χ3n) is 4.06. The Morgan fingerprint density at radius 3 is 2.42 bits per heavy atom. The number of para-hydroxylation sites is 1. The zero-order valence-electron chi connectivity index (χ0n) is 13.5. The number of pyridine rings is 1. The molecule has 2 aromatic carbocycles. The van der Waals surface area contributed by atoms with Crippen LogP contribution in [0.4, 0.5) is 5.69 Å². The number of nitrogens with one attached hydrogen (secondary N) is 2. The van der Waals surface area contributed by atoms with Crippen molar-refractivity contribution in [1.82, 2.24) is 4.98 Å². The molecular formula is C19H14N4O3. The van der Waals surface area contributed by atoms with E-state index in [1.807, 2.05) is 18.2 Å². The van der Waals surface area contributed by atoms with Gasteiger partial charge in [-0.1, -0.05) is 30.3 Å². The first-order chi connectivity index (χ1) is 12.5. The lowest BCUT2D eigenvalue weighted by atomic mass is 10.1. The lowest BCUT2D eigenvalue weighted by molar-refractivity contribution is 0.449. The summed E-state index contributed by atoms with van der Waals surface area (Å²) in [5, 5.41) is 34.1. The van der Waals surface area contributed by atoms with E-state index in [-0.39, 0.29) is 33.6 Å². The normalized spacial score (nSPS) is 13.6. The molecule has 0 bridgehead atoms. The van der Waals surface area contributed by atoms with Crippen LogP contribution in [0.1, 0.15) is 11.1 Å². The van der Waals surface area contributed by atoms with Gasteiger partial charge in [0.25, 0.3) is 5.56 Å². The van der Waals surface area contributed by atoms with Gasteiger partial charge in [-0.3, -0.25) is 15.2 Å². The molecule has 0 aliphatic carbocycles. The Morgan fingerprint density at radius 2 is 1.73 bits per heavy atom. The predicted molar refractivity (Wildman–Crippen MR) is 96.9 cm³/mol. The Balaban J connectivity index is 1.98. The monoisotopic (exact) mass is 346 g/mol. The number of aromatic hydroxyl groups is 2. The number of phenolic OH excluding ortho intramolecular Hbond substituents is 1. The fourth-order valence-corrected chi connectivity index (χ4v) is 2.80. The van der Waals surface area contributed by atoms with Crippen LogP contribution in [-0.4, -0.2) is 21.0 Å². The van der Waals surface area contributed by atoms with Crippen LogP contribution in [0.3, 0.4) is 0 Å². The van der Waals surface area contributed by atoms with Crippen LogP contribution in [0.15, 0.2) is 64.5 Å². The molecule has 128 valence electrons. The fourth-order valence-electron chi connectivity index (χ4n) is 2.80. The second kappa shape index (κ2) is 5.89. The van der Waals surface area contributed by atoms with Crippen molar-refractivity contribution in [1.29, 1.82) is 5.41 Å². The third-order valence-corrected chi connectivity index (χ3v) is 4.06. The number of rotatable bonds is 2. The Kier molecular flexibility index (Phi) is 3.54. The summed E-state index contributed by atoms with van der Waals surface area (Å²) < 4.78 is 0. The molecule has 3 aromatic rings. The second-order valence-corrected chi connectivity index (χ2v) is 5.77. The van der Waals surface area contributed by atoms with Gasteiger partial charge in [-0.25, -0.2) is 5.01 Å². The maximum Gasteiger partial charge on any atom is 0.260 e. The topological polar surface area (TPSA) is 113 Å². The molecule has 0 amide bonds. The number of anilines is 1. The number of phenols is 1. The van der Waals surface area contributed by atoms with E-state index < -0.39 is 5.56 Å². The highest BCUT2D eigenvalue weighted by Gasteiger charge is 2.26. The van der Waals surface area contributed by atoms with E-state index in [0.29, 0.717) is 11.3 Å². The zero-order chi connectivity index (χ0) is 18.3. The van der Waals surface area contributed by atoms with E-state index >= 15 is 0 Å². The maximum absolute atomic E-state index is 12.4. The number of amidine groups is 1. The van der Waals surface area contributed by atoms with Crippen molar-refractivity contribution < 1.29 is 10.2 Å². The molecule has 1 aliphatic rings. The van der Waals surface area contributed by atoms with Crippen molar-refractivity contribution in [2.75, 3.05) is 5.01 Å². The van der Waals surface area contributed by atoms with Crippen LogP contribution in [-0.2, 0) is 0 Å². The molecule has 0 spiro atoms. The van der Waals surface area contributed by atoms with Gasteiger partial charge in [-0.15, -0.1) is 0 Å². The van der Waals surface area contributed by atoms with Crippen molar-refractivity contribution in [3.05, 3.63) is 86.7 Å². The van der Waals surface area contributed by atoms with Gasteiger partial charge in [0, 0.05) is 0 Å². The van der Waals surface area contributed by atoms with Gasteiger partial charge < -0.3 is 10.2 Å². The Hall–Kier alpha value is -3.87. The van der Waals surface area contributed by atoms with Gasteiger partial charge in [0.1, 0.15) is 16.7 Å². The molecule has 7 nitrogen and oxygen atoms in total. The van der Waals surface area contributed by atoms with Crippen LogP contribution in [0.25, 0.3) is 6.08 Å². The molecular weight excluding hydrogens is 332 g/mol. The van der Waals surface area contributed by atoms with Crippen molar-refractivity contribution in [3.63, 3.8) is 0 Å². The summed E-state index contributed by atoms with van der Waals surface area (Å²) in [6, 6.07) is 15.4. The molecule has 4 rings (SSSR count). The molecule has 1 aromatic heterocycles. The maximum atomic E-state index is 12.4. The number of benzene rings is 2. The quantitative estimate of drug-likeness (QED) is 0.554. The van der Waals surface area contributed by atoms with Gasteiger partial charge in [0.05, 0.1) is 10.9 Å². The lowest BCUT2D eigenvalue weighted by Gasteiger charge is -2.13. The van der Waals surface area contributed by atoms with Gasteiger partial charge in [0.2, 0.25) is 5.88 Å². The smallest absolute Gasteiger partial charge is 0.260 e. The Morgan fingerprint density at radius 1 is 1.04 bits per heavy atom. The fraction of sp³-hybridized carbons (Fsp3) is 0. The Bertz CT molecular complexity index is 1180. The van der Waals surface area contributed by atoms with Crippen molar-refractivity contribution in [2.24, 2.45) is 5.10 Å². The average Bonchev–Trinajstić information content (AvgIpc) is 2.99. The van der Waals surface area contributed by atoms with Crippen LogP contribution >= 0.6 is 0 Å². The summed E-state index contributed by atoms with van der Waals surface area (Å²) in [5.41, 5.74) is 0.983. The highest BCUT2D eigenvalue weighted by atomic mass is 16.3. The van der Waals surface area contributed by atoms with Gasteiger partial charge >= 0.3 is 0 Å². The highest BCUT2D eigenvalue weighted by Crippen LogP contribution is 2.21. The van der Waals surface area contributed by atoms with Crippen molar-refractivity contribution in [2.45, 2.75) is 0 Å². The van der Waals surface area contributed by atoms with E-state index in [0.717, 1.165) is 0 Å². The SMILES string of the molecule is N=C1c2c(O)[nH]c(=O)c(=Cc3ccc(O)cc3)c2=NN1c1ccccc1. The van der Waals surface area contributed by atoms with E-state index in [2.05, 4.69) is 10.1 Å². The minimum atomic E-state index is -0.513. The first-order valence-electron chi connectivity index (χ1n) is 7.83. The van der Waals surface area contributed by atoms with Gasteiger partial charge in [-0.2, -0.15) is 5.10 Å². The molecule has 7 heteroatoms. The van der Waals surface area contributed by atoms with Crippen LogP contribution < -0.4 is 21.1 Å². The van der Waals surface area contributed by atoms with Crippen molar-refractivity contribution >= 4 is 17.6 Å². The first-order valence-corrected chi connectivity index (χ1v) is 7.83. The molecule has 2 heterocycles. The summed E-state index contributed by atoms with van der Waals surface area (Å²) in [6.45, 7) is 0. The number of H-pyrrole nitrogens is 1. The average molecular weight is 346 g/mol. The van der Waals surface area contributed by atoms with Gasteiger partial charge in [0.15, 0.2) is 5.84 Å². The molecule has 0 atom stereocenters. The highest BCUT2D eigenvalue weighted by molar-refractivity contribution is 6.10. The van der Waals surface area contributed by atoms with Crippen molar-refractivity contribution in [3.8, 4) is 11.6 Å². The van der Waals surface area contributed by atoms with Crippen LogP contribution in [0.5, 0.6) is 11.6 Å². The third kappa shape index (κ3) is 2.51. The van der Waals surface area contributed by atoms with E-state index in [1.54, 1.807) is 30.3 Å². The lowest BCUT2D eigenvalue weighted by Crippen LogP contribution is -2.42. The minimum absolute atomic E-state index is 0.0275. The molecule has 0 saturated heterocycles. The molecule has 0 radical (unpaired) electrons. The van der Waals surface area contributed by atoms with Gasteiger partial charge in [-0.05, 0) is 35.9 Å². The molecule has 1 aliphatic heterocycles. The first kappa shape index (κ1) is 15.6. The summed E-state index contributed by atoms with van der Waals surface area (Å²) in [4.78, 5) is 14.7. The number of hydrogen-bond acceptors (Lipinski definition) is 5. The second-order valence-electron chi connectivity index (χ2n) is 5.77. The number of aromatic nitrogens is 1. The van der Waals surface area contributed by atoms with E-state index in [1.165, 1.54) is 17.1 Å². The minimum Gasteiger partial charge on any atom is -0.508 e. The number of fused-ring (bicyclic) bond motifs is 1. The molecule has 0 unspecified atom stereocenters. The standard InChI is InChI=1S/C19H14N4O3/c20-17-15-16(22-23(17)12-4-2-1-3-5-12)14(18(25)21-19(15)26)10-11-6-8-13(24)9-7-11/h1-10,20,24,26H,(H,21,25). The number of aromatic amines is 1. The number of nitrogens with zero attached hydrogens (tertiary/aromatic N) is 2. The molecule has 4 N–H and O–H groups in total. The summed E-state index contributed by atoms with van der Waals surface area (Å²) >= 11 is 0. The molecule has 0 saturated carbocycles. The summed E-state index contributed by atoms with van der Waals surface area (Å²) in [5.74, 6) is -0.297. The van der Waals surface area contributed by atoms with Crippen LogP contribution in [0.2, 0.25) is 0 Å². The van der Waals surface area contributed by atoms with E-state index in [4.69, 9.17) is 5.41 Å². The zero-order valence-corrected chi connectivity index (χ0v) is 13.5.